The quantitative estimate of drug-likeness (QED) is 0.670. The van der Waals surface area contributed by atoms with Crippen molar-refractivity contribution in [2.75, 3.05) is 26.7 Å². The Kier molecular flexibility index (Phi) is 4.90. The second-order valence-electron chi connectivity index (χ2n) is 6.25. The Morgan fingerprint density at radius 3 is 2.71 bits per heavy atom. The molecule has 0 bridgehead atoms. The molecule has 1 N–H and O–H groups in total. The standard InChI is InChI=1S/C15H22FN3O2/c1-15(5-7-18(2)8-6-15)11-17-10-12-9-13(16)3-4-14(12)19(20)21/h3-4,9,17H,5-8,10-11H2,1-2H3. The van der Waals surface area contributed by atoms with Gasteiger partial charge >= 0.3 is 0 Å². The van der Waals surface area contributed by atoms with Crippen molar-refractivity contribution in [1.82, 2.24) is 10.2 Å². The number of piperidine rings is 1. The van der Waals surface area contributed by atoms with Gasteiger partial charge in [0.1, 0.15) is 5.82 Å². The first-order valence-corrected chi connectivity index (χ1v) is 7.22. The monoisotopic (exact) mass is 295 g/mol. The molecule has 116 valence electrons. The van der Waals surface area contributed by atoms with Crippen molar-refractivity contribution in [3.8, 4) is 0 Å². The van der Waals surface area contributed by atoms with Crippen molar-refractivity contribution in [3.05, 3.63) is 39.7 Å². The summed E-state index contributed by atoms with van der Waals surface area (Å²) < 4.78 is 13.3. The maximum atomic E-state index is 13.3. The largest absolute Gasteiger partial charge is 0.312 e. The Morgan fingerprint density at radius 1 is 1.43 bits per heavy atom. The molecule has 1 saturated heterocycles. The maximum Gasteiger partial charge on any atom is 0.274 e. The smallest absolute Gasteiger partial charge is 0.274 e. The molecule has 0 radical (unpaired) electrons. The number of benzene rings is 1. The van der Waals surface area contributed by atoms with Gasteiger partial charge in [0.15, 0.2) is 0 Å². The van der Waals surface area contributed by atoms with Crippen LogP contribution in [0.25, 0.3) is 0 Å². The van der Waals surface area contributed by atoms with Gasteiger partial charge in [-0.2, -0.15) is 0 Å². The van der Waals surface area contributed by atoms with Gasteiger partial charge in [0, 0.05) is 24.7 Å². The molecule has 0 aliphatic carbocycles. The molecule has 0 atom stereocenters. The molecule has 0 saturated carbocycles. The number of hydrogen-bond acceptors (Lipinski definition) is 4. The highest BCUT2D eigenvalue weighted by atomic mass is 19.1. The van der Waals surface area contributed by atoms with Crippen LogP contribution < -0.4 is 5.32 Å². The first-order valence-electron chi connectivity index (χ1n) is 7.22. The molecule has 1 aromatic carbocycles. The Balaban J connectivity index is 1.94. The van der Waals surface area contributed by atoms with Crippen LogP contribution in [0.2, 0.25) is 0 Å². The van der Waals surface area contributed by atoms with Crippen LogP contribution in [0.1, 0.15) is 25.3 Å². The van der Waals surface area contributed by atoms with Gasteiger partial charge < -0.3 is 10.2 Å². The van der Waals surface area contributed by atoms with Gasteiger partial charge in [-0.3, -0.25) is 10.1 Å². The second-order valence-corrected chi connectivity index (χ2v) is 6.25. The topological polar surface area (TPSA) is 58.4 Å². The molecule has 21 heavy (non-hydrogen) atoms. The zero-order valence-electron chi connectivity index (χ0n) is 12.6. The highest BCUT2D eigenvalue weighted by Crippen LogP contribution is 2.29. The molecular weight excluding hydrogens is 273 g/mol. The minimum Gasteiger partial charge on any atom is -0.312 e. The van der Waals surface area contributed by atoms with E-state index in [0.29, 0.717) is 12.1 Å². The van der Waals surface area contributed by atoms with Crippen LogP contribution in [0.5, 0.6) is 0 Å². The van der Waals surface area contributed by atoms with E-state index in [0.717, 1.165) is 38.5 Å². The highest BCUT2D eigenvalue weighted by molar-refractivity contribution is 5.40. The lowest BCUT2D eigenvalue weighted by Gasteiger charge is -2.38. The highest BCUT2D eigenvalue weighted by Gasteiger charge is 2.28. The number of halogens is 1. The zero-order chi connectivity index (χ0) is 15.5. The summed E-state index contributed by atoms with van der Waals surface area (Å²) in [6.45, 7) is 5.47. The van der Waals surface area contributed by atoms with Crippen LogP contribution in [-0.4, -0.2) is 36.5 Å². The summed E-state index contributed by atoms with van der Waals surface area (Å²) in [6.07, 6.45) is 2.20. The maximum absolute atomic E-state index is 13.3. The number of nitrogens with zero attached hydrogens (tertiary/aromatic N) is 2. The van der Waals surface area contributed by atoms with Gasteiger partial charge in [-0.1, -0.05) is 6.92 Å². The lowest BCUT2D eigenvalue weighted by molar-refractivity contribution is -0.385. The fourth-order valence-corrected chi connectivity index (χ4v) is 2.71. The fraction of sp³-hybridized carbons (Fsp3) is 0.600. The number of rotatable bonds is 5. The molecule has 0 unspecified atom stereocenters. The predicted octanol–water partition coefficient (Wildman–Crippen LogP) is 2.56. The minimum absolute atomic E-state index is 0.0302. The number of likely N-dealkylation sites (tertiary alicyclic amines) is 1. The molecule has 2 rings (SSSR count). The number of hydrogen-bond donors (Lipinski definition) is 1. The minimum atomic E-state index is -0.465. The molecule has 0 aromatic heterocycles. The lowest BCUT2D eigenvalue weighted by Crippen LogP contribution is -2.41. The first-order chi connectivity index (χ1) is 9.89. The van der Waals surface area contributed by atoms with Crippen LogP contribution in [0.4, 0.5) is 10.1 Å². The molecule has 0 spiro atoms. The predicted molar refractivity (Wildman–Crippen MR) is 79.6 cm³/mol. The molecule has 0 amide bonds. The number of nitro benzene ring substituents is 1. The second kappa shape index (κ2) is 6.49. The Morgan fingerprint density at radius 2 is 2.10 bits per heavy atom. The van der Waals surface area contributed by atoms with Crippen LogP contribution in [0.15, 0.2) is 18.2 Å². The lowest BCUT2D eigenvalue weighted by atomic mass is 9.80. The van der Waals surface area contributed by atoms with Gasteiger partial charge in [-0.25, -0.2) is 4.39 Å². The van der Waals surface area contributed by atoms with Gasteiger partial charge in [-0.15, -0.1) is 0 Å². The SMILES string of the molecule is CN1CCC(C)(CNCc2cc(F)ccc2[N+](=O)[O-])CC1. The van der Waals surface area contributed by atoms with Crippen LogP contribution in [-0.2, 0) is 6.54 Å². The van der Waals surface area contributed by atoms with E-state index in [1.807, 2.05) is 0 Å². The van der Waals surface area contributed by atoms with Crippen molar-refractivity contribution >= 4 is 5.69 Å². The summed E-state index contributed by atoms with van der Waals surface area (Å²) >= 11 is 0. The van der Waals surface area contributed by atoms with Crippen LogP contribution in [0.3, 0.4) is 0 Å². The summed E-state index contributed by atoms with van der Waals surface area (Å²) in [5, 5.41) is 14.2. The molecule has 1 fully saturated rings. The Bertz CT molecular complexity index is 514. The van der Waals surface area contributed by atoms with E-state index in [9.17, 15) is 14.5 Å². The van der Waals surface area contributed by atoms with Crippen LogP contribution >= 0.6 is 0 Å². The van der Waals surface area contributed by atoms with E-state index < -0.39 is 10.7 Å². The van der Waals surface area contributed by atoms with Crippen molar-refractivity contribution in [2.24, 2.45) is 5.41 Å². The fourth-order valence-electron chi connectivity index (χ4n) is 2.71. The van der Waals surface area contributed by atoms with E-state index in [-0.39, 0.29) is 11.1 Å². The average molecular weight is 295 g/mol. The summed E-state index contributed by atoms with van der Waals surface area (Å²) in [4.78, 5) is 12.8. The summed E-state index contributed by atoms with van der Waals surface area (Å²) in [5.74, 6) is -0.442. The molecule has 5 nitrogen and oxygen atoms in total. The third-order valence-electron chi connectivity index (χ3n) is 4.30. The van der Waals surface area contributed by atoms with E-state index in [2.05, 4.69) is 24.2 Å². The van der Waals surface area contributed by atoms with E-state index >= 15 is 0 Å². The van der Waals surface area contributed by atoms with Crippen molar-refractivity contribution < 1.29 is 9.31 Å². The summed E-state index contributed by atoms with van der Waals surface area (Å²) in [5.41, 5.74) is 0.572. The van der Waals surface area contributed by atoms with E-state index in [4.69, 9.17) is 0 Å². The van der Waals surface area contributed by atoms with Gasteiger partial charge in [-0.05, 0) is 50.5 Å². The molecule has 1 heterocycles. The van der Waals surface area contributed by atoms with Crippen molar-refractivity contribution in [3.63, 3.8) is 0 Å². The summed E-state index contributed by atoms with van der Waals surface area (Å²) in [6, 6.07) is 3.59. The van der Waals surface area contributed by atoms with E-state index in [1.165, 1.54) is 12.1 Å². The van der Waals surface area contributed by atoms with Gasteiger partial charge in [0.25, 0.3) is 5.69 Å². The first kappa shape index (κ1) is 15.9. The van der Waals surface area contributed by atoms with Crippen molar-refractivity contribution in [1.29, 1.82) is 0 Å². The normalized spacial score (nSPS) is 18.6. The number of nitro groups is 1. The van der Waals surface area contributed by atoms with Crippen molar-refractivity contribution in [2.45, 2.75) is 26.3 Å². The van der Waals surface area contributed by atoms with Crippen LogP contribution in [0, 0.1) is 21.3 Å². The number of nitrogens with one attached hydrogen (secondary N) is 1. The Labute approximate surface area is 124 Å². The Hall–Kier alpha value is -1.53. The van der Waals surface area contributed by atoms with Gasteiger partial charge in [0.2, 0.25) is 0 Å². The van der Waals surface area contributed by atoms with E-state index in [1.54, 1.807) is 0 Å². The molecule has 1 aliphatic rings. The molecule has 6 heteroatoms. The third kappa shape index (κ3) is 4.22. The third-order valence-corrected chi connectivity index (χ3v) is 4.30. The summed E-state index contributed by atoms with van der Waals surface area (Å²) in [7, 11) is 2.11. The molecule has 1 aliphatic heterocycles. The average Bonchev–Trinajstić information content (AvgIpc) is 2.42. The zero-order valence-corrected chi connectivity index (χ0v) is 12.6. The molecular formula is C15H22FN3O2. The molecule has 1 aromatic rings. The van der Waals surface area contributed by atoms with Gasteiger partial charge in [0.05, 0.1) is 4.92 Å².